The Bertz CT molecular complexity index is 740. The minimum Gasteiger partial charge on any atom is -0.508 e. The number of benzene rings is 1. The Balaban J connectivity index is 2.11. The maximum absolute atomic E-state index is 12.1. The van der Waals surface area contributed by atoms with Crippen LogP contribution in [0.25, 0.3) is 0 Å². The molecule has 0 radical (unpaired) electrons. The number of allylic oxidation sites excluding steroid dienone is 1. The summed E-state index contributed by atoms with van der Waals surface area (Å²) in [7, 11) is 1.66. The number of rotatable bonds is 1. The van der Waals surface area contributed by atoms with E-state index in [4.69, 9.17) is 4.74 Å². The summed E-state index contributed by atoms with van der Waals surface area (Å²) in [5.74, 6) is 1.33. The second kappa shape index (κ2) is 5.79. The topological polar surface area (TPSA) is 58.6 Å². The molecule has 0 spiro atoms. The third-order valence-corrected chi connectivity index (χ3v) is 5.69. The van der Waals surface area contributed by atoms with Gasteiger partial charge in [-0.1, -0.05) is 26.8 Å². The van der Waals surface area contributed by atoms with Crippen LogP contribution in [0, 0.1) is 5.92 Å². The molecule has 0 saturated heterocycles. The number of nitrogens with one attached hydrogen (secondary N) is 1. The van der Waals surface area contributed by atoms with E-state index >= 15 is 0 Å². The number of aromatic hydroxyl groups is 1. The molecule has 1 amide bonds. The number of carbonyl (C=O) groups excluding carboxylic acids is 1. The lowest BCUT2D eigenvalue weighted by Gasteiger charge is -2.47. The fraction of sp³-hybridized carbons (Fsp3) is 0.571. The molecule has 3 rings (SSSR count). The molecule has 25 heavy (non-hydrogen) atoms. The quantitative estimate of drug-likeness (QED) is 0.809. The highest BCUT2D eigenvalue weighted by Gasteiger charge is 2.46. The average Bonchev–Trinajstić information content (AvgIpc) is 2.51. The average molecular weight is 343 g/mol. The number of fused-ring (bicyclic) bond motifs is 3. The van der Waals surface area contributed by atoms with Crippen LogP contribution in [-0.2, 0) is 10.2 Å². The number of carbonyl (C=O) groups is 1. The lowest BCUT2D eigenvalue weighted by atomic mass is 9.66. The Morgan fingerprint density at radius 1 is 1.32 bits per heavy atom. The molecule has 136 valence electrons. The van der Waals surface area contributed by atoms with Gasteiger partial charge in [-0.3, -0.25) is 4.79 Å². The maximum Gasteiger partial charge on any atom is 0.246 e. The largest absolute Gasteiger partial charge is 0.508 e. The van der Waals surface area contributed by atoms with Gasteiger partial charge in [0.1, 0.15) is 17.1 Å². The summed E-state index contributed by atoms with van der Waals surface area (Å²) < 4.78 is 6.34. The Kier molecular flexibility index (Phi) is 4.13. The van der Waals surface area contributed by atoms with Gasteiger partial charge in [-0.2, -0.15) is 0 Å². The molecular formula is C21H29NO3. The zero-order valence-electron chi connectivity index (χ0n) is 16.1. The van der Waals surface area contributed by atoms with E-state index in [1.54, 1.807) is 7.05 Å². The van der Waals surface area contributed by atoms with Crippen molar-refractivity contribution in [1.29, 1.82) is 0 Å². The van der Waals surface area contributed by atoms with Crippen molar-refractivity contribution in [2.45, 2.75) is 64.4 Å². The summed E-state index contributed by atoms with van der Waals surface area (Å²) >= 11 is 0. The lowest BCUT2D eigenvalue weighted by Crippen LogP contribution is -2.46. The molecule has 0 saturated carbocycles. The first-order chi connectivity index (χ1) is 11.5. The van der Waals surface area contributed by atoms with Crippen LogP contribution in [0.3, 0.4) is 0 Å². The molecule has 0 aromatic heterocycles. The van der Waals surface area contributed by atoms with Crippen molar-refractivity contribution < 1.29 is 14.6 Å². The van der Waals surface area contributed by atoms with Gasteiger partial charge in [0.15, 0.2) is 0 Å². The molecular weight excluding hydrogens is 314 g/mol. The number of phenolic OH excluding ortho intramolecular Hbond substituents is 1. The minimum absolute atomic E-state index is 0.0323. The third kappa shape index (κ3) is 3.03. The zero-order valence-corrected chi connectivity index (χ0v) is 16.1. The fourth-order valence-corrected chi connectivity index (χ4v) is 4.17. The fourth-order valence-electron chi connectivity index (χ4n) is 4.17. The van der Waals surface area contributed by atoms with Gasteiger partial charge in [-0.15, -0.1) is 0 Å². The first kappa shape index (κ1) is 17.8. The van der Waals surface area contributed by atoms with Crippen LogP contribution in [0.4, 0.5) is 0 Å². The van der Waals surface area contributed by atoms with E-state index in [1.165, 1.54) is 0 Å². The second-order valence-electron chi connectivity index (χ2n) is 8.82. The molecule has 0 fully saturated rings. The van der Waals surface area contributed by atoms with Crippen LogP contribution in [0.5, 0.6) is 11.5 Å². The van der Waals surface area contributed by atoms with Crippen molar-refractivity contribution in [3.8, 4) is 11.5 Å². The van der Waals surface area contributed by atoms with Gasteiger partial charge in [-0.05, 0) is 49.8 Å². The molecule has 1 aliphatic heterocycles. The van der Waals surface area contributed by atoms with Crippen molar-refractivity contribution in [2.75, 3.05) is 7.05 Å². The van der Waals surface area contributed by atoms with Gasteiger partial charge in [0.25, 0.3) is 0 Å². The molecule has 1 aromatic carbocycles. The first-order valence-electron chi connectivity index (χ1n) is 9.02. The van der Waals surface area contributed by atoms with Gasteiger partial charge in [0.2, 0.25) is 5.91 Å². The number of phenols is 1. The Morgan fingerprint density at radius 2 is 2.00 bits per heavy atom. The summed E-state index contributed by atoms with van der Waals surface area (Å²) in [6, 6.07) is 3.92. The number of hydrogen-bond acceptors (Lipinski definition) is 3. The van der Waals surface area contributed by atoms with Crippen molar-refractivity contribution >= 4 is 5.91 Å². The van der Waals surface area contributed by atoms with Crippen molar-refractivity contribution in [1.82, 2.24) is 5.32 Å². The Hall–Kier alpha value is -1.97. The van der Waals surface area contributed by atoms with Crippen LogP contribution in [-0.4, -0.2) is 23.7 Å². The highest BCUT2D eigenvalue weighted by molar-refractivity contribution is 5.93. The van der Waals surface area contributed by atoms with Crippen molar-refractivity contribution in [2.24, 2.45) is 5.92 Å². The lowest BCUT2D eigenvalue weighted by molar-refractivity contribution is -0.117. The van der Waals surface area contributed by atoms with E-state index in [0.29, 0.717) is 6.42 Å². The molecule has 0 unspecified atom stereocenters. The molecule has 2 N–H and O–H groups in total. The van der Waals surface area contributed by atoms with Crippen LogP contribution < -0.4 is 10.1 Å². The van der Waals surface area contributed by atoms with E-state index in [9.17, 15) is 9.90 Å². The third-order valence-electron chi connectivity index (χ3n) is 5.69. The van der Waals surface area contributed by atoms with Gasteiger partial charge in [0, 0.05) is 30.0 Å². The zero-order chi connectivity index (χ0) is 18.6. The van der Waals surface area contributed by atoms with E-state index in [-0.39, 0.29) is 34.5 Å². The maximum atomic E-state index is 12.1. The van der Waals surface area contributed by atoms with Gasteiger partial charge >= 0.3 is 0 Å². The van der Waals surface area contributed by atoms with Crippen molar-refractivity contribution in [3.05, 3.63) is 34.9 Å². The number of ether oxygens (including phenoxy) is 1. The van der Waals surface area contributed by atoms with Crippen molar-refractivity contribution in [3.63, 3.8) is 0 Å². The van der Waals surface area contributed by atoms with Crippen LogP contribution in [0.1, 0.15) is 64.5 Å². The molecule has 1 aromatic rings. The number of hydrogen-bond donors (Lipinski definition) is 2. The van der Waals surface area contributed by atoms with Gasteiger partial charge in [0.05, 0.1) is 0 Å². The molecule has 2 atom stereocenters. The molecule has 0 bridgehead atoms. The summed E-state index contributed by atoms with van der Waals surface area (Å²) in [4.78, 5) is 12.1. The monoisotopic (exact) mass is 343 g/mol. The van der Waals surface area contributed by atoms with Crippen LogP contribution in [0.2, 0.25) is 0 Å². The van der Waals surface area contributed by atoms with Gasteiger partial charge in [-0.25, -0.2) is 0 Å². The van der Waals surface area contributed by atoms with E-state index in [1.807, 2.05) is 12.1 Å². The summed E-state index contributed by atoms with van der Waals surface area (Å²) in [6.45, 7) is 10.6. The molecule has 1 heterocycles. The summed E-state index contributed by atoms with van der Waals surface area (Å²) in [5.41, 5.74) is 2.29. The smallest absolute Gasteiger partial charge is 0.246 e. The predicted molar refractivity (Wildman–Crippen MR) is 99.1 cm³/mol. The SMILES string of the molecule is CNC(=O)C1=CC[C@@H]2[C@@H](C1)c1c(O)cc(C(C)(C)C)cc1OC2(C)C. The molecule has 2 aliphatic rings. The van der Waals surface area contributed by atoms with E-state index in [0.717, 1.165) is 28.9 Å². The van der Waals surface area contributed by atoms with Gasteiger partial charge < -0.3 is 15.2 Å². The Labute approximate surface area is 150 Å². The standard InChI is InChI=1S/C21H29NO3/c1-20(2,3)13-10-16(23)18-14-9-12(19(24)22-6)7-8-15(14)21(4,5)25-17(18)11-13/h7,10-11,14-15,23H,8-9H2,1-6H3,(H,22,24)/t14-,15-/m1/s1. The number of likely N-dealkylation sites (N-methyl/N-ethyl adjacent to an activating group) is 1. The Morgan fingerprint density at radius 3 is 2.60 bits per heavy atom. The molecule has 4 nitrogen and oxygen atoms in total. The second-order valence-corrected chi connectivity index (χ2v) is 8.82. The van der Waals surface area contributed by atoms with Crippen LogP contribution in [0.15, 0.2) is 23.8 Å². The summed E-state index contributed by atoms with van der Waals surface area (Å²) in [6.07, 6.45) is 3.43. The normalized spacial score (nSPS) is 24.5. The first-order valence-corrected chi connectivity index (χ1v) is 9.02. The summed E-state index contributed by atoms with van der Waals surface area (Å²) in [5, 5.41) is 13.5. The number of amides is 1. The molecule has 1 aliphatic carbocycles. The van der Waals surface area contributed by atoms with Crippen LogP contribution >= 0.6 is 0 Å². The highest BCUT2D eigenvalue weighted by atomic mass is 16.5. The molecule has 4 heteroatoms. The van der Waals surface area contributed by atoms with E-state index in [2.05, 4.69) is 46.0 Å². The highest BCUT2D eigenvalue weighted by Crippen LogP contribution is 2.54. The van der Waals surface area contributed by atoms with E-state index < -0.39 is 0 Å². The minimum atomic E-state index is -0.342. The predicted octanol–water partition coefficient (Wildman–Crippen LogP) is 4.03.